The van der Waals surface area contributed by atoms with Gasteiger partial charge in [-0.05, 0) is 23.6 Å². The van der Waals surface area contributed by atoms with Crippen molar-refractivity contribution in [2.45, 2.75) is 31.3 Å². The van der Waals surface area contributed by atoms with Gasteiger partial charge in [-0.1, -0.05) is 37.8 Å². The van der Waals surface area contributed by atoms with Crippen molar-refractivity contribution in [3.63, 3.8) is 0 Å². The third kappa shape index (κ3) is 4.53. The highest BCUT2D eigenvalue weighted by Crippen LogP contribution is 2.39. The summed E-state index contributed by atoms with van der Waals surface area (Å²) < 4.78 is 13.1. The van der Waals surface area contributed by atoms with Gasteiger partial charge in [0.15, 0.2) is 16.7 Å². The molecule has 8 heteroatoms. The summed E-state index contributed by atoms with van der Waals surface area (Å²) in [7, 11) is 3.37. The number of hydrogen-bond donors (Lipinski definition) is 1. The van der Waals surface area contributed by atoms with Crippen LogP contribution < -0.4 is 20.3 Å². The van der Waals surface area contributed by atoms with Crippen molar-refractivity contribution in [2.24, 2.45) is 13.0 Å². The number of fused-ring (bicyclic) bond motifs is 1. The van der Waals surface area contributed by atoms with Gasteiger partial charge in [-0.3, -0.25) is 9.59 Å². The molecule has 1 aliphatic heterocycles. The monoisotopic (exact) mass is 429 g/mol. The normalized spacial score (nSPS) is 15.5. The van der Waals surface area contributed by atoms with E-state index < -0.39 is 5.92 Å². The summed E-state index contributed by atoms with van der Waals surface area (Å²) in [5.74, 6) is 2.14. The fourth-order valence-electron chi connectivity index (χ4n) is 3.36. The summed E-state index contributed by atoms with van der Waals surface area (Å²) >= 11 is 1.39. The summed E-state index contributed by atoms with van der Waals surface area (Å²) in [5.41, 5.74) is 0.960. The van der Waals surface area contributed by atoms with Crippen LogP contribution in [0, 0.1) is 5.92 Å². The Balaban J connectivity index is 2.04. The van der Waals surface area contributed by atoms with Crippen LogP contribution in [0.4, 0.5) is 5.82 Å². The number of nitrogens with one attached hydrogen (secondary N) is 1. The zero-order valence-corrected chi connectivity index (χ0v) is 18.5. The van der Waals surface area contributed by atoms with E-state index in [1.807, 2.05) is 18.2 Å². The maximum absolute atomic E-state index is 12.9. The van der Waals surface area contributed by atoms with Crippen LogP contribution >= 0.6 is 11.8 Å². The Bertz CT molecular complexity index is 1020. The highest BCUT2D eigenvalue weighted by atomic mass is 32.2. The van der Waals surface area contributed by atoms with Crippen molar-refractivity contribution in [1.82, 2.24) is 9.55 Å². The number of hydrogen-bond acceptors (Lipinski definition) is 6. The lowest BCUT2D eigenvalue weighted by molar-refractivity contribution is -0.116. The molecule has 0 unspecified atom stereocenters. The molecule has 1 amide bonds. The van der Waals surface area contributed by atoms with Gasteiger partial charge < -0.3 is 19.4 Å². The molecule has 1 N–H and O–H groups in total. The molecule has 30 heavy (non-hydrogen) atoms. The Kier molecular flexibility index (Phi) is 6.87. The number of anilines is 1. The quantitative estimate of drug-likeness (QED) is 0.392. The smallest absolute Gasteiger partial charge is 0.279 e. The third-order valence-electron chi connectivity index (χ3n) is 4.79. The van der Waals surface area contributed by atoms with E-state index in [1.165, 1.54) is 11.8 Å². The maximum Gasteiger partial charge on any atom is 0.279 e. The molecule has 7 nitrogen and oxygen atoms in total. The van der Waals surface area contributed by atoms with Crippen LogP contribution in [0.25, 0.3) is 0 Å². The SMILES string of the molecule is C=CCSc1nc(=O)c2c(n1C)NC(=O)C[C@@H]2c1ccc(OCC(C)C)c(OC)c1. The van der Waals surface area contributed by atoms with Crippen molar-refractivity contribution >= 4 is 23.5 Å². The van der Waals surface area contributed by atoms with Crippen LogP contribution in [0.5, 0.6) is 11.5 Å². The first-order valence-corrected chi connectivity index (χ1v) is 10.8. The molecule has 0 aliphatic carbocycles. The molecule has 1 aromatic heterocycles. The Morgan fingerprint density at radius 1 is 1.37 bits per heavy atom. The van der Waals surface area contributed by atoms with Gasteiger partial charge in [0, 0.05) is 25.1 Å². The molecule has 0 fully saturated rings. The predicted octanol–water partition coefficient (Wildman–Crippen LogP) is 3.58. The molecule has 160 valence electrons. The summed E-state index contributed by atoms with van der Waals surface area (Å²) in [5, 5.41) is 3.38. The summed E-state index contributed by atoms with van der Waals surface area (Å²) in [4.78, 5) is 29.6. The first-order chi connectivity index (χ1) is 14.3. The molecule has 0 bridgehead atoms. The van der Waals surface area contributed by atoms with Crippen molar-refractivity contribution in [3.8, 4) is 11.5 Å². The number of methoxy groups -OCH3 is 1. The molecule has 2 heterocycles. The number of carbonyl (C=O) groups is 1. The fourth-order valence-corrected chi connectivity index (χ4v) is 4.06. The Morgan fingerprint density at radius 3 is 2.80 bits per heavy atom. The number of rotatable bonds is 8. The van der Waals surface area contributed by atoms with Crippen molar-refractivity contribution in [1.29, 1.82) is 0 Å². The van der Waals surface area contributed by atoms with E-state index in [4.69, 9.17) is 9.47 Å². The number of thioether (sulfide) groups is 1. The Labute approximate surface area is 180 Å². The first-order valence-electron chi connectivity index (χ1n) is 9.80. The van der Waals surface area contributed by atoms with Crippen molar-refractivity contribution in [2.75, 3.05) is 24.8 Å². The molecule has 0 saturated carbocycles. The fraction of sp³-hybridized carbons (Fsp3) is 0.409. The number of amides is 1. The van der Waals surface area contributed by atoms with E-state index in [0.717, 1.165) is 5.56 Å². The molecule has 1 aromatic carbocycles. The van der Waals surface area contributed by atoms with Gasteiger partial charge in [0.05, 0.1) is 19.3 Å². The number of benzene rings is 1. The molecule has 1 atom stereocenters. The van der Waals surface area contributed by atoms with Gasteiger partial charge >= 0.3 is 0 Å². The van der Waals surface area contributed by atoms with Gasteiger partial charge in [0.25, 0.3) is 5.56 Å². The maximum atomic E-state index is 12.9. The standard InChI is InChI=1S/C22H27N3O4S/c1-6-9-30-22-24-21(27)19-15(11-18(26)23-20(19)25(22)4)14-7-8-16(17(10-14)28-5)29-12-13(2)3/h6-8,10,13,15H,1,9,11-12H2,2-5H3,(H,23,26)/t15-/m1/s1. The van der Waals surface area contributed by atoms with E-state index in [1.54, 1.807) is 24.8 Å². The molecular formula is C22H27N3O4S. The largest absolute Gasteiger partial charge is 0.493 e. The molecular weight excluding hydrogens is 402 g/mol. The number of ether oxygens (including phenoxy) is 2. The molecule has 0 saturated heterocycles. The van der Waals surface area contributed by atoms with Crippen LogP contribution in [0.3, 0.4) is 0 Å². The van der Waals surface area contributed by atoms with Gasteiger partial charge in [0.2, 0.25) is 5.91 Å². The minimum absolute atomic E-state index is 0.146. The van der Waals surface area contributed by atoms with Crippen LogP contribution in [-0.2, 0) is 11.8 Å². The second-order valence-electron chi connectivity index (χ2n) is 7.54. The van der Waals surface area contributed by atoms with E-state index in [9.17, 15) is 9.59 Å². The minimum atomic E-state index is -0.411. The van der Waals surface area contributed by atoms with Crippen LogP contribution in [0.15, 0.2) is 40.8 Å². The Hall–Kier alpha value is -2.74. The number of carbonyl (C=O) groups excluding carboxylic acids is 1. The zero-order chi connectivity index (χ0) is 21.8. The molecule has 1 aliphatic rings. The van der Waals surface area contributed by atoms with Crippen LogP contribution in [0.1, 0.15) is 37.3 Å². The summed E-state index contributed by atoms with van der Waals surface area (Å²) in [6.07, 6.45) is 1.91. The van der Waals surface area contributed by atoms with Gasteiger partial charge in [-0.25, -0.2) is 0 Å². The summed E-state index contributed by atoms with van der Waals surface area (Å²) in [6.45, 7) is 8.41. The minimum Gasteiger partial charge on any atom is -0.493 e. The Morgan fingerprint density at radius 2 is 2.13 bits per heavy atom. The summed E-state index contributed by atoms with van der Waals surface area (Å²) in [6, 6.07) is 5.54. The lowest BCUT2D eigenvalue weighted by Crippen LogP contribution is -2.33. The number of nitrogens with zero attached hydrogens (tertiary/aromatic N) is 2. The van der Waals surface area contributed by atoms with Crippen LogP contribution in [-0.4, -0.2) is 34.9 Å². The van der Waals surface area contributed by atoms with Crippen molar-refractivity contribution < 1.29 is 14.3 Å². The van der Waals surface area contributed by atoms with E-state index in [0.29, 0.717) is 46.3 Å². The first kappa shape index (κ1) is 22.0. The molecule has 3 rings (SSSR count). The lowest BCUT2D eigenvalue weighted by atomic mass is 9.86. The van der Waals surface area contributed by atoms with Gasteiger partial charge in [0.1, 0.15) is 5.82 Å². The highest BCUT2D eigenvalue weighted by molar-refractivity contribution is 7.99. The third-order valence-corrected chi connectivity index (χ3v) is 5.82. The van der Waals surface area contributed by atoms with Crippen LogP contribution in [0.2, 0.25) is 0 Å². The number of aromatic nitrogens is 2. The molecule has 0 spiro atoms. The zero-order valence-electron chi connectivity index (χ0n) is 17.7. The second-order valence-corrected chi connectivity index (χ2v) is 8.53. The topological polar surface area (TPSA) is 82.5 Å². The second kappa shape index (κ2) is 9.38. The van der Waals surface area contributed by atoms with E-state index in [-0.39, 0.29) is 17.9 Å². The lowest BCUT2D eigenvalue weighted by Gasteiger charge is -2.28. The van der Waals surface area contributed by atoms with E-state index in [2.05, 4.69) is 30.7 Å². The highest BCUT2D eigenvalue weighted by Gasteiger charge is 2.32. The average Bonchev–Trinajstić information content (AvgIpc) is 2.72. The molecule has 0 radical (unpaired) electrons. The molecule has 2 aromatic rings. The van der Waals surface area contributed by atoms with E-state index >= 15 is 0 Å². The average molecular weight is 430 g/mol. The van der Waals surface area contributed by atoms with Gasteiger partial charge in [-0.15, -0.1) is 6.58 Å². The van der Waals surface area contributed by atoms with Gasteiger partial charge in [-0.2, -0.15) is 4.98 Å². The van der Waals surface area contributed by atoms with Crippen molar-refractivity contribution in [3.05, 3.63) is 52.3 Å². The predicted molar refractivity (Wildman–Crippen MR) is 119 cm³/mol.